The second kappa shape index (κ2) is 6.39. The van der Waals surface area contributed by atoms with Crippen molar-refractivity contribution in [1.29, 1.82) is 0 Å². The van der Waals surface area contributed by atoms with Crippen molar-refractivity contribution in [3.8, 4) is 16.9 Å². The Labute approximate surface area is 135 Å². The zero-order valence-corrected chi connectivity index (χ0v) is 13.8. The fourth-order valence-corrected chi connectivity index (χ4v) is 3.14. The van der Waals surface area contributed by atoms with Crippen LogP contribution < -0.4 is 4.74 Å². The highest BCUT2D eigenvalue weighted by molar-refractivity contribution is 7.89. The third-order valence-electron chi connectivity index (χ3n) is 3.37. The number of carbonyl (C=O) groups is 1. The minimum absolute atomic E-state index is 0.0193. The molecular formula is C16H17NO5S. The molecule has 0 heterocycles. The molecule has 0 fully saturated rings. The molecule has 2 aromatic rings. The molecule has 0 bridgehead atoms. The van der Waals surface area contributed by atoms with Gasteiger partial charge in [0, 0.05) is 19.7 Å². The lowest BCUT2D eigenvalue weighted by atomic mass is 10.0. The number of carboxylic acids is 1. The molecule has 0 aliphatic heterocycles. The number of methoxy groups -OCH3 is 1. The van der Waals surface area contributed by atoms with Crippen molar-refractivity contribution >= 4 is 16.0 Å². The minimum atomic E-state index is -3.58. The Morgan fingerprint density at radius 3 is 2.35 bits per heavy atom. The van der Waals surface area contributed by atoms with Gasteiger partial charge in [-0.1, -0.05) is 24.3 Å². The summed E-state index contributed by atoms with van der Waals surface area (Å²) in [7, 11) is 0.707. The van der Waals surface area contributed by atoms with Gasteiger partial charge in [-0.25, -0.2) is 17.5 Å². The van der Waals surface area contributed by atoms with Crippen LogP contribution in [0.2, 0.25) is 0 Å². The number of aromatic carboxylic acids is 1. The maximum absolute atomic E-state index is 12.2. The summed E-state index contributed by atoms with van der Waals surface area (Å²) in [5, 5.41) is 9.24. The quantitative estimate of drug-likeness (QED) is 0.906. The highest BCUT2D eigenvalue weighted by atomic mass is 32.2. The summed E-state index contributed by atoms with van der Waals surface area (Å²) in [6.07, 6.45) is 0. The molecule has 0 aliphatic carbocycles. The Morgan fingerprint density at radius 2 is 1.78 bits per heavy atom. The van der Waals surface area contributed by atoms with E-state index in [9.17, 15) is 18.3 Å². The molecule has 7 heteroatoms. The van der Waals surface area contributed by atoms with Crippen molar-refractivity contribution in [2.24, 2.45) is 0 Å². The molecule has 0 unspecified atom stereocenters. The number of nitrogens with zero attached hydrogens (tertiary/aromatic N) is 1. The summed E-state index contributed by atoms with van der Waals surface area (Å²) >= 11 is 0. The van der Waals surface area contributed by atoms with Gasteiger partial charge >= 0.3 is 5.97 Å². The van der Waals surface area contributed by atoms with Crippen LogP contribution in [-0.4, -0.2) is 45.0 Å². The lowest BCUT2D eigenvalue weighted by molar-refractivity contribution is 0.0693. The van der Waals surface area contributed by atoms with Gasteiger partial charge in [0.05, 0.1) is 12.0 Å². The zero-order valence-electron chi connectivity index (χ0n) is 13.0. The Morgan fingerprint density at radius 1 is 1.13 bits per heavy atom. The molecule has 2 rings (SSSR count). The number of benzene rings is 2. The van der Waals surface area contributed by atoms with E-state index in [0.29, 0.717) is 11.1 Å². The van der Waals surface area contributed by atoms with Crippen LogP contribution in [0.3, 0.4) is 0 Å². The third kappa shape index (κ3) is 3.20. The van der Waals surface area contributed by atoms with Gasteiger partial charge in [0.25, 0.3) is 0 Å². The van der Waals surface area contributed by atoms with Crippen molar-refractivity contribution < 1.29 is 23.1 Å². The number of carboxylic acid groups (broad SMARTS) is 1. The van der Waals surface area contributed by atoms with Gasteiger partial charge in [-0.2, -0.15) is 0 Å². The molecule has 0 aromatic heterocycles. The normalized spacial score (nSPS) is 11.5. The number of ether oxygens (including phenoxy) is 1. The Bertz CT molecular complexity index is 843. The fraction of sp³-hybridized carbons (Fsp3) is 0.188. The zero-order chi connectivity index (χ0) is 17.2. The number of para-hydroxylation sites is 1. The Kier molecular flexibility index (Phi) is 4.72. The molecule has 0 amide bonds. The largest absolute Gasteiger partial charge is 0.495 e. The summed E-state index contributed by atoms with van der Waals surface area (Å²) in [5.74, 6) is -0.917. The first-order chi connectivity index (χ1) is 10.8. The van der Waals surface area contributed by atoms with Crippen LogP contribution in [0.25, 0.3) is 11.1 Å². The van der Waals surface area contributed by atoms with E-state index in [1.54, 1.807) is 24.3 Å². The van der Waals surface area contributed by atoms with Gasteiger partial charge in [0.2, 0.25) is 10.0 Å². The summed E-state index contributed by atoms with van der Waals surface area (Å²) < 4.78 is 30.8. The topological polar surface area (TPSA) is 83.9 Å². The van der Waals surface area contributed by atoms with Gasteiger partial charge in [0.1, 0.15) is 11.3 Å². The number of hydrogen-bond acceptors (Lipinski definition) is 4. The van der Waals surface area contributed by atoms with E-state index in [4.69, 9.17) is 4.74 Å². The van der Waals surface area contributed by atoms with Crippen molar-refractivity contribution in [2.75, 3.05) is 21.2 Å². The van der Waals surface area contributed by atoms with E-state index in [-0.39, 0.29) is 16.2 Å². The van der Waals surface area contributed by atoms with Gasteiger partial charge in [-0.3, -0.25) is 0 Å². The average molecular weight is 335 g/mol. The van der Waals surface area contributed by atoms with E-state index in [2.05, 4.69) is 0 Å². The number of rotatable bonds is 5. The van der Waals surface area contributed by atoms with Crippen LogP contribution >= 0.6 is 0 Å². The van der Waals surface area contributed by atoms with Crippen LogP contribution in [0, 0.1) is 0 Å². The molecule has 0 atom stereocenters. The summed E-state index contributed by atoms with van der Waals surface area (Å²) in [6, 6.07) is 11.0. The molecule has 23 heavy (non-hydrogen) atoms. The smallest absolute Gasteiger partial charge is 0.339 e. The molecule has 122 valence electrons. The standard InChI is InChI=1S/C16H17NO5S/c1-17(2)23(20,21)12-7-4-6-11(10-12)13-8-5-9-14(16(18)19)15(13)22-3/h4-10H,1-3H3,(H,18,19). The maximum atomic E-state index is 12.2. The Balaban J connectivity index is 2.65. The SMILES string of the molecule is COc1c(C(=O)O)cccc1-c1cccc(S(=O)(=O)N(C)C)c1. The van der Waals surface area contributed by atoms with E-state index < -0.39 is 16.0 Å². The molecular weight excluding hydrogens is 318 g/mol. The van der Waals surface area contributed by atoms with Gasteiger partial charge < -0.3 is 9.84 Å². The third-order valence-corrected chi connectivity index (χ3v) is 5.18. The Hall–Kier alpha value is -2.38. The van der Waals surface area contributed by atoms with Crippen molar-refractivity contribution in [3.05, 3.63) is 48.0 Å². The predicted molar refractivity (Wildman–Crippen MR) is 86.3 cm³/mol. The van der Waals surface area contributed by atoms with Crippen LogP contribution in [-0.2, 0) is 10.0 Å². The van der Waals surface area contributed by atoms with Crippen LogP contribution in [0.5, 0.6) is 5.75 Å². The van der Waals surface area contributed by atoms with E-state index in [1.165, 1.54) is 39.4 Å². The first-order valence-corrected chi connectivity index (χ1v) is 8.16. The van der Waals surface area contributed by atoms with Crippen molar-refractivity contribution in [1.82, 2.24) is 4.31 Å². The van der Waals surface area contributed by atoms with Crippen molar-refractivity contribution in [2.45, 2.75) is 4.90 Å². The number of hydrogen-bond donors (Lipinski definition) is 1. The summed E-state index contributed by atoms with van der Waals surface area (Å²) in [5.41, 5.74) is 1.10. The summed E-state index contributed by atoms with van der Waals surface area (Å²) in [4.78, 5) is 11.4. The molecule has 6 nitrogen and oxygen atoms in total. The van der Waals surface area contributed by atoms with Crippen LogP contribution in [0.4, 0.5) is 0 Å². The first kappa shape index (κ1) is 17.0. The van der Waals surface area contributed by atoms with E-state index >= 15 is 0 Å². The minimum Gasteiger partial charge on any atom is -0.495 e. The second-order valence-corrected chi connectivity index (χ2v) is 7.16. The van der Waals surface area contributed by atoms with E-state index in [0.717, 1.165) is 4.31 Å². The van der Waals surface area contributed by atoms with Crippen molar-refractivity contribution in [3.63, 3.8) is 0 Å². The molecule has 0 aliphatic rings. The fourth-order valence-electron chi connectivity index (χ4n) is 2.19. The molecule has 0 spiro atoms. The second-order valence-electron chi connectivity index (χ2n) is 5.01. The molecule has 0 saturated heterocycles. The number of sulfonamides is 1. The van der Waals surface area contributed by atoms with E-state index in [1.807, 2.05) is 0 Å². The lowest BCUT2D eigenvalue weighted by Gasteiger charge is -2.14. The predicted octanol–water partition coefficient (Wildman–Crippen LogP) is 2.31. The van der Waals surface area contributed by atoms with Gasteiger partial charge in [0.15, 0.2) is 0 Å². The summed E-state index contributed by atoms with van der Waals surface area (Å²) in [6.45, 7) is 0. The monoisotopic (exact) mass is 335 g/mol. The van der Waals surface area contributed by atoms with Gasteiger partial charge in [-0.05, 0) is 23.8 Å². The lowest BCUT2D eigenvalue weighted by Crippen LogP contribution is -2.22. The van der Waals surface area contributed by atoms with Gasteiger partial charge in [-0.15, -0.1) is 0 Å². The van der Waals surface area contributed by atoms with Crippen LogP contribution in [0.1, 0.15) is 10.4 Å². The first-order valence-electron chi connectivity index (χ1n) is 6.72. The maximum Gasteiger partial charge on any atom is 0.339 e. The highest BCUT2D eigenvalue weighted by Crippen LogP contribution is 2.34. The highest BCUT2D eigenvalue weighted by Gasteiger charge is 2.20. The molecule has 1 N–H and O–H groups in total. The molecule has 0 saturated carbocycles. The average Bonchev–Trinajstić information content (AvgIpc) is 2.53. The molecule has 0 radical (unpaired) electrons. The van der Waals surface area contributed by atoms with Crippen LogP contribution in [0.15, 0.2) is 47.4 Å². The molecule has 2 aromatic carbocycles.